The van der Waals surface area contributed by atoms with Crippen molar-refractivity contribution in [1.29, 1.82) is 0 Å². The molecule has 0 bridgehead atoms. The first-order valence-corrected chi connectivity index (χ1v) is 8.52. The number of carbonyl (C=O) groups is 2. The van der Waals surface area contributed by atoms with Crippen LogP contribution in [0.1, 0.15) is 23.5 Å². The molecule has 6 nitrogen and oxygen atoms in total. The van der Waals surface area contributed by atoms with Crippen molar-refractivity contribution in [3.63, 3.8) is 0 Å². The van der Waals surface area contributed by atoms with Gasteiger partial charge in [0.2, 0.25) is 0 Å². The number of rotatable bonds is 6. The lowest BCUT2D eigenvalue weighted by Gasteiger charge is -2.18. The Kier molecular flexibility index (Phi) is 5.53. The highest BCUT2D eigenvalue weighted by molar-refractivity contribution is 5.79. The third-order valence-electron chi connectivity index (χ3n) is 4.59. The average molecular weight is 354 g/mol. The summed E-state index contributed by atoms with van der Waals surface area (Å²) in [5.41, 5.74) is 10.2. The second-order valence-corrected chi connectivity index (χ2v) is 6.18. The number of hydrogen-bond donors (Lipinski definition) is 2. The van der Waals surface area contributed by atoms with Crippen molar-refractivity contribution in [1.82, 2.24) is 5.32 Å². The van der Waals surface area contributed by atoms with E-state index in [1.165, 1.54) is 18.2 Å². The van der Waals surface area contributed by atoms with Crippen molar-refractivity contribution < 1.29 is 19.1 Å². The second-order valence-electron chi connectivity index (χ2n) is 6.18. The minimum atomic E-state index is -0.591. The molecule has 0 radical (unpaired) electrons. The van der Waals surface area contributed by atoms with Gasteiger partial charge in [-0.2, -0.15) is 0 Å². The van der Waals surface area contributed by atoms with E-state index in [-0.39, 0.29) is 25.5 Å². The van der Waals surface area contributed by atoms with Crippen LogP contribution in [0.3, 0.4) is 0 Å². The smallest absolute Gasteiger partial charge is 0.407 e. The van der Waals surface area contributed by atoms with Gasteiger partial charge in [0.25, 0.3) is 0 Å². The molecule has 6 heteroatoms. The van der Waals surface area contributed by atoms with Gasteiger partial charge in [-0.3, -0.25) is 4.79 Å². The summed E-state index contributed by atoms with van der Waals surface area (Å²) in [6, 6.07) is 15.7. The highest BCUT2D eigenvalue weighted by Gasteiger charge is 2.29. The van der Waals surface area contributed by atoms with E-state index in [4.69, 9.17) is 10.5 Å². The molecule has 1 amide bonds. The Balaban J connectivity index is 1.66. The summed E-state index contributed by atoms with van der Waals surface area (Å²) < 4.78 is 10.0. The molecule has 0 saturated heterocycles. The Morgan fingerprint density at radius 2 is 1.65 bits per heavy atom. The van der Waals surface area contributed by atoms with E-state index in [1.807, 2.05) is 24.3 Å². The van der Waals surface area contributed by atoms with Gasteiger partial charge in [0.15, 0.2) is 0 Å². The summed E-state index contributed by atoms with van der Waals surface area (Å²) in [7, 11) is 1.29. The maximum atomic E-state index is 12.1. The first-order chi connectivity index (χ1) is 12.6. The number of alkyl carbamates (subject to hydrolysis) is 1. The van der Waals surface area contributed by atoms with E-state index in [0.717, 1.165) is 11.1 Å². The van der Waals surface area contributed by atoms with Crippen LogP contribution in [-0.2, 0) is 14.3 Å². The van der Waals surface area contributed by atoms with E-state index in [0.29, 0.717) is 0 Å². The molecule has 0 aliphatic heterocycles. The summed E-state index contributed by atoms with van der Waals surface area (Å²) in [5, 5.41) is 2.62. The topological polar surface area (TPSA) is 90.6 Å². The fourth-order valence-corrected chi connectivity index (χ4v) is 3.28. The SMILES string of the molecule is COC(=O)C[C@@H](CN)NC(=O)OCC1c2ccccc2-c2ccccc21. The molecule has 0 heterocycles. The van der Waals surface area contributed by atoms with Gasteiger partial charge in [0.05, 0.1) is 19.6 Å². The number of fused-ring (bicyclic) bond motifs is 3. The van der Waals surface area contributed by atoms with Gasteiger partial charge in [-0.25, -0.2) is 4.79 Å². The summed E-state index contributed by atoms with van der Waals surface area (Å²) in [6.45, 7) is 0.342. The minimum Gasteiger partial charge on any atom is -0.469 e. The van der Waals surface area contributed by atoms with Crippen molar-refractivity contribution in [2.45, 2.75) is 18.4 Å². The lowest BCUT2D eigenvalue weighted by molar-refractivity contribution is -0.141. The van der Waals surface area contributed by atoms with Crippen molar-refractivity contribution in [3.8, 4) is 11.1 Å². The number of carbonyl (C=O) groups excluding carboxylic acids is 2. The molecule has 2 aromatic carbocycles. The zero-order valence-corrected chi connectivity index (χ0v) is 14.6. The van der Waals surface area contributed by atoms with E-state index in [9.17, 15) is 9.59 Å². The fourth-order valence-electron chi connectivity index (χ4n) is 3.28. The Labute approximate surface area is 152 Å². The van der Waals surface area contributed by atoms with Crippen LogP contribution in [0.5, 0.6) is 0 Å². The second kappa shape index (κ2) is 8.01. The number of methoxy groups -OCH3 is 1. The highest BCUT2D eigenvalue weighted by Crippen LogP contribution is 2.44. The van der Waals surface area contributed by atoms with Gasteiger partial charge in [0.1, 0.15) is 6.61 Å². The predicted octanol–water partition coefficient (Wildman–Crippen LogP) is 2.42. The molecule has 0 aromatic heterocycles. The maximum absolute atomic E-state index is 12.1. The minimum absolute atomic E-state index is 0.00918. The van der Waals surface area contributed by atoms with Crippen LogP contribution in [0.4, 0.5) is 4.79 Å². The molecule has 0 saturated carbocycles. The van der Waals surface area contributed by atoms with Crippen molar-refractivity contribution >= 4 is 12.1 Å². The Bertz CT molecular complexity index is 760. The molecule has 1 aliphatic rings. The average Bonchev–Trinajstić information content (AvgIpc) is 2.99. The van der Waals surface area contributed by atoms with Crippen molar-refractivity contribution in [2.24, 2.45) is 5.73 Å². The maximum Gasteiger partial charge on any atom is 0.407 e. The molecule has 1 atom stereocenters. The van der Waals surface area contributed by atoms with E-state index >= 15 is 0 Å². The predicted molar refractivity (Wildman–Crippen MR) is 97.7 cm³/mol. The van der Waals surface area contributed by atoms with Crippen molar-refractivity contribution in [3.05, 3.63) is 59.7 Å². The van der Waals surface area contributed by atoms with Crippen LogP contribution in [-0.4, -0.2) is 38.4 Å². The molecule has 3 N–H and O–H groups in total. The largest absolute Gasteiger partial charge is 0.469 e. The number of ether oxygens (including phenoxy) is 2. The summed E-state index contributed by atoms with van der Waals surface area (Å²) in [6.07, 6.45) is -0.580. The first kappa shape index (κ1) is 17.9. The van der Waals surface area contributed by atoms with Gasteiger partial charge in [-0.15, -0.1) is 0 Å². The van der Waals surface area contributed by atoms with E-state index in [2.05, 4.69) is 34.3 Å². The van der Waals surface area contributed by atoms with Gasteiger partial charge in [-0.1, -0.05) is 48.5 Å². The Hall–Kier alpha value is -2.86. The van der Waals surface area contributed by atoms with Crippen molar-refractivity contribution in [2.75, 3.05) is 20.3 Å². The van der Waals surface area contributed by atoms with Crippen LogP contribution < -0.4 is 11.1 Å². The number of nitrogens with two attached hydrogens (primary N) is 1. The Morgan fingerprint density at radius 1 is 1.08 bits per heavy atom. The van der Waals surface area contributed by atoms with Gasteiger partial charge >= 0.3 is 12.1 Å². The van der Waals surface area contributed by atoms with Crippen LogP contribution >= 0.6 is 0 Å². The van der Waals surface area contributed by atoms with Gasteiger partial charge < -0.3 is 20.5 Å². The van der Waals surface area contributed by atoms with Crippen LogP contribution in [0.2, 0.25) is 0 Å². The number of benzene rings is 2. The monoisotopic (exact) mass is 354 g/mol. The van der Waals surface area contributed by atoms with E-state index < -0.39 is 18.1 Å². The first-order valence-electron chi connectivity index (χ1n) is 8.52. The summed E-state index contributed by atoms with van der Waals surface area (Å²) in [5.74, 6) is -0.440. The summed E-state index contributed by atoms with van der Waals surface area (Å²) in [4.78, 5) is 23.5. The lowest BCUT2D eigenvalue weighted by atomic mass is 9.98. The fraction of sp³-hybridized carbons (Fsp3) is 0.300. The molecular weight excluding hydrogens is 332 g/mol. The molecule has 0 spiro atoms. The highest BCUT2D eigenvalue weighted by atomic mass is 16.5. The molecule has 3 rings (SSSR count). The number of amides is 1. The molecule has 1 aliphatic carbocycles. The number of hydrogen-bond acceptors (Lipinski definition) is 5. The molecule has 2 aromatic rings. The molecule has 26 heavy (non-hydrogen) atoms. The lowest BCUT2D eigenvalue weighted by Crippen LogP contribution is -2.42. The third kappa shape index (κ3) is 3.70. The molecule has 136 valence electrons. The summed E-state index contributed by atoms with van der Waals surface area (Å²) >= 11 is 0. The number of nitrogens with one attached hydrogen (secondary N) is 1. The van der Waals surface area contributed by atoms with Gasteiger partial charge in [0, 0.05) is 12.5 Å². The van der Waals surface area contributed by atoms with E-state index in [1.54, 1.807) is 0 Å². The van der Waals surface area contributed by atoms with Crippen LogP contribution in [0.25, 0.3) is 11.1 Å². The molecular formula is C20H22N2O4. The Morgan fingerprint density at radius 3 is 2.19 bits per heavy atom. The number of esters is 1. The molecule has 0 fully saturated rings. The third-order valence-corrected chi connectivity index (χ3v) is 4.59. The van der Waals surface area contributed by atoms with Crippen LogP contribution in [0, 0.1) is 0 Å². The normalized spacial score (nSPS) is 13.5. The quantitative estimate of drug-likeness (QED) is 0.778. The van der Waals surface area contributed by atoms with Crippen LogP contribution in [0.15, 0.2) is 48.5 Å². The molecule has 0 unspecified atom stereocenters. The zero-order chi connectivity index (χ0) is 18.5. The van der Waals surface area contributed by atoms with Gasteiger partial charge in [-0.05, 0) is 22.3 Å². The standard InChI is InChI=1S/C20H22N2O4/c1-25-19(23)10-13(11-21)22-20(24)26-12-18-16-8-4-2-6-14(16)15-7-3-5-9-17(15)18/h2-9,13,18H,10-12,21H2,1H3,(H,22,24)/t13-/m0/s1. The zero-order valence-electron chi connectivity index (χ0n) is 14.6.